The molecular weight excluding hydrogens is 777 g/mol. The number of hydrogen-bond acceptors (Lipinski definition) is 8. The third-order valence-electron chi connectivity index (χ3n) is 4.77. The molecule has 0 radical (unpaired) electrons. The Labute approximate surface area is 261 Å². The van der Waals surface area contributed by atoms with E-state index in [0.29, 0.717) is 26.6 Å². The van der Waals surface area contributed by atoms with Crippen LogP contribution in [0, 0.1) is 13.1 Å². The SMILES string of the molecule is CCOC(=O)C(C=Nc1ccc(I)c(Cl)c1)C(=O)OCC.CCOC(=O)c1c[nH]c2cc(Cl)c(I)cc2c1=O. The molecule has 0 aliphatic carbocycles. The molecule has 9 nitrogen and oxygen atoms in total. The Morgan fingerprint density at radius 2 is 1.51 bits per heavy atom. The number of benzene rings is 2. The van der Waals surface area contributed by atoms with E-state index in [2.05, 4.69) is 32.6 Å². The molecular formula is C26H24Cl2I2N2O7. The standard InChI is InChI=1S/C14H15ClINO4.C12H9ClINO3/c1-3-20-13(18)10(14(19)21-4-2)8-17-9-5-6-12(16)11(15)7-9;1-2-18-12(17)7-5-15-10-4-8(13)9(14)3-6(10)11(7)16/h5-8,10H,3-4H2,1-2H3;3-5H,2H2,1H3,(H,15,16). The first kappa shape index (κ1) is 33.0. The fourth-order valence-corrected chi connectivity index (χ4v) is 4.12. The summed E-state index contributed by atoms with van der Waals surface area (Å²) in [5.41, 5.74) is 0.789. The first-order valence-corrected chi connectivity index (χ1v) is 14.4. The minimum Gasteiger partial charge on any atom is -0.465 e. The number of ether oxygens (including phenoxy) is 3. The highest BCUT2D eigenvalue weighted by Gasteiger charge is 2.27. The van der Waals surface area contributed by atoms with Gasteiger partial charge >= 0.3 is 17.9 Å². The molecule has 13 heteroatoms. The van der Waals surface area contributed by atoms with Crippen molar-refractivity contribution in [2.75, 3.05) is 19.8 Å². The van der Waals surface area contributed by atoms with E-state index < -0.39 is 23.8 Å². The van der Waals surface area contributed by atoms with Gasteiger partial charge in [0.05, 0.1) is 41.1 Å². The van der Waals surface area contributed by atoms with Crippen molar-refractivity contribution in [3.05, 3.63) is 69.5 Å². The van der Waals surface area contributed by atoms with Crippen molar-refractivity contribution < 1.29 is 28.6 Å². The zero-order valence-corrected chi connectivity index (χ0v) is 26.9. The van der Waals surface area contributed by atoms with E-state index in [1.807, 2.05) is 22.6 Å². The van der Waals surface area contributed by atoms with E-state index in [1.54, 1.807) is 51.1 Å². The molecule has 2 aromatic carbocycles. The summed E-state index contributed by atoms with van der Waals surface area (Å²) >= 11 is 16.1. The van der Waals surface area contributed by atoms with Crippen LogP contribution in [0.4, 0.5) is 5.69 Å². The average Bonchev–Trinajstić information content (AvgIpc) is 2.88. The Morgan fingerprint density at radius 1 is 0.923 bits per heavy atom. The number of nitrogens with zero attached hydrogens (tertiary/aromatic N) is 1. The van der Waals surface area contributed by atoms with Gasteiger partial charge in [-0.3, -0.25) is 19.4 Å². The highest BCUT2D eigenvalue weighted by Crippen LogP contribution is 2.24. The molecule has 0 aliphatic heterocycles. The lowest BCUT2D eigenvalue weighted by Crippen LogP contribution is -2.29. The summed E-state index contributed by atoms with van der Waals surface area (Å²) in [5.74, 6) is -3.17. The average molecular weight is 801 g/mol. The second-order valence-corrected chi connectivity index (χ2v) is 10.6. The van der Waals surface area contributed by atoms with Crippen LogP contribution >= 0.6 is 68.4 Å². The number of carbonyl (C=O) groups excluding carboxylic acids is 3. The number of pyridine rings is 1. The van der Waals surface area contributed by atoms with Crippen LogP contribution in [0.2, 0.25) is 10.0 Å². The molecule has 1 heterocycles. The van der Waals surface area contributed by atoms with E-state index in [4.69, 9.17) is 37.4 Å². The third kappa shape index (κ3) is 9.43. The predicted octanol–water partition coefficient (Wildman–Crippen LogP) is 6.35. The monoisotopic (exact) mass is 800 g/mol. The maximum Gasteiger partial charge on any atom is 0.343 e. The van der Waals surface area contributed by atoms with Crippen LogP contribution in [-0.2, 0) is 23.8 Å². The molecule has 3 aromatic rings. The molecule has 39 heavy (non-hydrogen) atoms. The van der Waals surface area contributed by atoms with Crippen molar-refractivity contribution in [1.82, 2.24) is 4.98 Å². The molecule has 208 valence electrons. The molecule has 0 aliphatic rings. The van der Waals surface area contributed by atoms with Gasteiger partial charge in [0, 0.05) is 24.9 Å². The van der Waals surface area contributed by atoms with Crippen LogP contribution in [0.15, 0.2) is 46.3 Å². The fraction of sp³-hybridized carbons (Fsp3) is 0.269. The molecule has 0 atom stereocenters. The molecule has 0 amide bonds. The molecule has 0 bridgehead atoms. The molecule has 0 fully saturated rings. The smallest absolute Gasteiger partial charge is 0.343 e. The Kier molecular flexibility index (Phi) is 13.6. The number of rotatable bonds is 8. The van der Waals surface area contributed by atoms with Gasteiger partial charge in [-0.1, -0.05) is 23.2 Å². The number of carbonyl (C=O) groups is 3. The highest BCUT2D eigenvalue weighted by atomic mass is 127. The fourth-order valence-electron chi connectivity index (χ4n) is 2.98. The molecule has 0 spiro atoms. The summed E-state index contributed by atoms with van der Waals surface area (Å²) in [7, 11) is 0. The Balaban J connectivity index is 0.000000276. The molecule has 0 saturated heterocycles. The summed E-state index contributed by atoms with van der Waals surface area (Å²) < 4.78 is 16.2. The van der Waals surface area contributed by atoms with E-state index in [1.165, 1.54) is 12.4 Å². The minimum atomic E-state index is -1.18. The second-order valence-electron chi connectivity index (χ2n) is 7.42. The zero-order chi connectivity index (χ0) is 29.1. The maximum absolute atomic E-state index is 12.1. The van der Waals surface area contributed by atoms with Crippen molar-refractivity contribution in [3.8, 4) is 0 Å². The van der Waals surface area contributed by atoms with Crippen LogP contribution in [-0.4, -0.2) is 48.9 Å². The number of fused-ring (bicyclic) bond motifs is 1. The van der Waals surface area contributed by atoms with Crippen LogP contribution in [0.5, 0.6) is 0 Å². The summed E-state index contributed by atoms with van der Waals surface area (Å²) in [5, 5.41) is 1.53. The van der Waals surface area contributed by atoms with Crippen LogP contribution in [0.3, 0.4) is 0 Å². The number of nitrogens with one attached hydrogen (secondary N) is 1. The van der Waals surface area contributed by atoms with Gasteiger partial charge in [0.25, 0.3) is 0 Å². The van der Waals surface area contributed by atoms with E-state index in [-0.39, 0.29) is 30.8 Å². The van der Waals surface area contributed by atoms with Gasteiger partial charge in [-0.05, 0) is 96.3 Å². The molecule has 3 rings (SSSR count). The highest BCUT2D eigenvalue weighted by molar-refractivity contribution is 14.1. The predicted molar refractivity (Wildman–Crippen MR) is 167 cm³/mol. The van der Waals surface area contributed by atoms with Crippen molar-refractivity contribution >= 4 is 109 Å². The molecule has 0 unspecified atom stereocenters. The van der Waals surface area contributed by atoms with Crippen molar-refractivity contribution in [2.24, 2.45) is 10.9 Å². The maximum atomic E-state index is 12.1. The Morgan fingerprint density at radius 3 is 2.08 bits per heavy atom. The quantitative estimate of drug-likeness (QED) is 0.0926. The second kappa shape index (κ2) is 16.1. The number of aromatic nitrogens is 1. The topological polar surface area (TPSA) is 124 Å². The molecule has 1 aromatic heterocycles. The minimum absolute atomic E-state index is 0.00229. The largest absolute Gasteiger partial charge is 0.465 e. The molecule has 1 N–H and O–H groups in total. The first-order chi connectivity index (χ1) is 18.5. The lowest BCUT2D eigenvalue weighted by molar-refractivity contribution is -0.157. The van der Waals surface area contributed by atoms with Crippen LogP contribution in [0.1, 0.15) is 31.1 Å². The van der Waals surface area contributed by atoms with E-state index in [0.717, 1.165) is 7.14 Å². The normalized spacial score (nSPS) is 10.8. The van der Waals surface area contributed by atoms with E-state index in [9.17, 15) is 19.2 Å². The summed E-state index contributed by atoms with van der Waals surface area (Å²) in [6.45, 7) is 5.60. The lowest BCUT2D eigenvalue weighted by atomic mass is 10.1. The van der Waals surface area contributed by atoms with Crippen molar-refractivity contribution in [3.63, 3.8) is 0 Å². The van der Waals surface area contributed by atoms with Gasteiger partial charge < -0.3 is 19.2 Å². The lowest BCUT2D eigenvalue weighted by Gasteiger charge is -2.10. The van der Waals surface area contributed by atoms with Crippen molar-refractivity contribution in [2.45, 2.75) is 20.8 Å². The van der Waals surface area contributed by atoms with Crippen LogP contribution < -0.4 is 5.43 Å². The first-order valence-electron chi connectivity index (χ1n) is 11.5. The number of halogens is 4. The third-order valence-corrected chi connectivity index (χ3v) is 7.87. The van der Waals surface area contributed by atoms with Gasteiger partial charge in [-0.15, -0.1) is 0 Å². The van der Waals surface area contributed by atoms with Crippen LogP contribution in [0.25, 0.3) is 10.9 Å². The number of esters is 3. The van der Waals surface area contributed by atoms with Gasteiger partial charge in [0.1, 0.15) is 5.56 Å². The number of hydrogen-bond donors (Lipinski definition) is 1. The van der Waals surface area contributed by atoms with Gasteiger partial charge in [-0.25, -0.2) is 4.79 Å². The molecule has 0 saturated carbocycles. The number of aromatic amines is 1. The van der Waals surface area contributed by atoms with Crippen molar-refractivity contribution in [1.29, 1.82) is 0 Å². The van der Waals surface area contributed by atoms with E-state index >= 15 is 0 Å². The Hall–Kier alpha value is -2.23. The number of aliphatic imine (C=N–C) groups is 1. The van der Waals surface area contributed by atoms with Gasteiger partial charge in [-0.2, -0.15) is 0 Å². The van der Waals surface area contributed by atoms with Gasteiger partial charge in [0.2, 0.25) is 5.43 Å². The summed E-state index contributed by atoms with van der Waals surface area (Å²) in [6, 6.07) is 8.48. The van der Waals surface area contributed by atoms with Gasteiger partial charge in [0.15, 0.2) is 5.92 Å². The number of H-pyrrole nitrogens is 1. The Bertz CT molecular complexity index is 1430. The summed E-state index contributed by atoms with van der Waals surface area (Å²) in [4.78, 5) is 54.2. The summed E-state index contributed by atoms with van der Waals surface area (Å²) in [6.07, 6.45) is 2.57. The zero-order valence-electron chi connectivity index (χ0n) is 21.1.